The highest BCUT2D eigenvalue weighted by Crippen LogP contribution is 2.19. The summed E-state index contributed by atoms with van der Waals surface area (Å²) in [7, 11) is 0. The van der Waals surface area contributed by atoms with Gasteiger partial charge in [0.1, 0.15) is 0 Å². The molecule has 0 saturated carbocycles. The molecule has 1 fully saturated rings. The third kappa shape index (κ3) is 4.87. The molecule has 2 nitrogen and oxygen atoms in total. The van der Waals surface area contributed by atoms with Crippen molar-refractivity contribution in [3.63, 3.8) is 0 Å². The molecule has 3 heteroatoms. The lowest BCUT2D eigenvalue weighted by Crippen LogP contribution is -2.38. The molecule has 1 aliphatic rings. The molecule has 1 heterocycles. The molecular formula is C17H27BrN2. The Hall–Kier alpha value is -0.380. The maximum atomic E-state index is 3.64. The highest BCUT2D eigenvalue weighted by molar-refractivity contribution is 9.10. The third-order valence-corrected chi connectivity index (χ3v) is 4.76. The van der Waals surface area contributed by atoms with Crippen molar-refractivity contribution in [2.45, 2.75) is 46.2 Å². The first-order valence-electron chi connectivity index (χ1n) is 7.75. The second-order valence-corrected chi connectivity index (χ2v) is 7.32. The molecule has 1 N–H and O–H groups in total. The van der Waals surface area contributed by atoms with Crippen molar-refractivity contribution < 1.29 is 0 Å². The highest BCUT2D eigenvalue weighted by Gasteiger charge is 2.18. The zero-order valence-electron chi connectivity index (χ0n) is 13.0. The highest BCUT2D eigenvalue weighted by atomic mass is 79.9. The predicted molar refractivity (Wildman–Crippen MR) is 90.0 cm³/mol. The number of hydrogen-bond acceptors (Lipinski definition) is 2. The maximum absolute atomic E-state index is 3.64. The van der Waals surface area contributed by atoms with Crippen LogP contribution in [0.5, 0.6) is 0 Å². The summed E-state index contributed by atoms with van der Waals surface area (Å²) in [6.45, 7) is 11.3. The maximum Gasteiger partial charge on any atom is 0.0234 e. The van der Waals surface area contributed by atoms with Gasteiger partial charge in [0.05, 0.1) is 0 Å². The summed E-state index contributed by atoms with van der Waals surface area (Å²) in [6, 6.07) is 7.42. The summed E-state index contributed by atoms with van der Waals surface area (Å²) in [6.07, 6.45) is 2.66. The van der Waals surface area contributed by atoms with E-state index in [0.717, 1.165) is 6.54 Å². The zero-order valence-corrected chi connectivity index (χ0v) is 14.5. The lowest BCUT2D eigenvalue weighted by Gasteiger charge is -2.27. The molecule has 0 spiro atoms. The topological polar surface area (TPSA) is 15.3 Å². The van der Waals surface area contributed by atoms with E-state index in [9.17, 15) is 0 Å². The van der Waals surface area contributed by atoms with Crippen molar-refractivity contribution in [1.82, 2.24) is 10.2 Å². The van der Waals surface area contributed by atoms with Crippen LogP contribution in [-0.2, 0) is 6.54 Å². The SMILES string of the molecule is Cc1ccc(CN(CC(C)C)CC2CCCN2)cc1Br. The molecule has 1 aromatic carbocycles. The Kier molecular flexibility index (Phi) is 6.06. The van der Waals surface area contributed by atoms with Gasteiger partial charge in [-0.3, -0.25) is 4.90 Å². The first-order chi connectivity index (χ1) is 9.54. The minimum atomic E-state index is 0.683. The first kappa shape index (κ1) is 16.0. The van der Waals surface area contributed by atoms with E-state index in [1.165, 1.54) is 48.1 Å². The van der Waals surface area contributed by atoms with Gasteiger partial charge >= 0.3 is 0 Å². The monoisotopic (exact) mass is 338 g/mol. The van der Waals surface area contributed by atoms with Crippen LogP contribution in [0.2, 0.25) is 0 Å². The summed E-state index contributed by atoms with van der Waals surface area (Å²) in [4.78, 5) is 2.60. The normalized spacial score (nSPS) is 19.2. The summed E-state index contributed by atoms with van der Waals surface area (Å²) in [5.74, 6) is 0.713. The van der Waals surface area contributed by atoms with E-state index in [1.807, 2.05) is 0 Å². The van der Waals surface area contributed by atoms with Gasteiger partial charge in [-0.1, -0.05) is 41.9 Å². The Balaban J connectivity index is 1.99. The first-order valence-corrected chi connectivity index (χ1v) is 8.54. The molecule has 0 aromatic heterocycles. The van der Waals surface area contributed by atoms with Crippen molar-refractivity contribution in [2.24, 2.45) is 5.92 Å². The Labute approximate surface area is 132 Å². The number of hydrogen-bond donors (Lipinski definition) is 1. The van der Waals surface area contributed by atoms with E-state index in [-0.39, 0.29) is 0 Å². The minimum Gasteiger partial charge on any atom is -0.313 e. The number of aryl methyl sites for hydroxylation is 1. The largest absolute Gasteiger partial charge is 0.313 e. The van der Waals surface area contributed by atoms with E-state index in [4.69, 9.17) is 0 Å². The van der Waals surface area contributed by atoms with Crippen LogP contribution in [0.3, 0.4) is 0 Å². The standard InChI is InChI=1S/C17H27BrN2/c1-13(2)10-20(12-16-5-4-8-19-16)11-15-7-6-14(3)17(18)9-15/h6-7,9,13,16,19H,4-5,8,10-12H2,1-3H3. The van der Waals surface area contributed by atoms with Crippen LogP contribution in [-0.4, -0.2) is 30.6 Å². The van der Waals surface area contributed by atoms with E-state index in [2.05, 4.69) is 65.1 Å². The van der Waals surface area contributed by atoms with Gasteiger partial charge in [0, 0.05) is 30.1 Å². The van der Waals surface area contributed by atoms with Crippen LogP contribution in [0.15, 0.2) is 22.7 Å². The number of halogens is 1. The van der Waals surface area contributed by atoms with Crippen LogP contribution >= 0.6 is 15.9 Å². The molecule has 20 heavy (non-hydrogen) atoms. The Bertz CT molecular complexity index is 425. The lowest BCUT2D eigenvalue weighted by atomic mass is 10.1. The molecule has 1 aliphatic heterocycles. The van der Waals surface area contributed by atoms with Crippen LogP contribution < -0.4 is 5.32 Å². The number of benzene rings is 1. The van der Waals surface area contributed by atoms with Crippen LogP contribution in [0.25, 0.3) is 0 Å². The van der Waals surface area contributed by atoms with E-state index >= 15 is 0 Å². The molecule has 0 bridgehead atoms. The molecule has 1 aromatic rings. The average Bonchev–Trinajstić information content (AvgIpc) is 2.86. The van der Waals surface area contributed by atoms with Gasteiger partial charge in [-0.25, -0.2) is 0 Å². The van der Waals surface area contributed by atoms with Crippen molar-refractivity contribution in [1.29, 1.82) is 0 Å². The lowest BCUT2D eigenvalue weighted by molar-refractivity contribution is 0.216. The van der Waals surface area contributed by atoms with Gasteiger partial charge in [-0.2, -0.15) is 0 Å². The molecule has 2 rings (SSSR count). The van der Waals surface area contributed by atoms with Gasteiger partial charge in [0.2, 0.25) is 0 Å². The number of nitrogens with zero attached hydrogens (tertiary/aromatic N) is 1. The quantitative estimate of drug-likeness (QED) is 0.844. The Morgan fingerprint density at radius 2 is 2.20 bits per heavy atom. The van der Waals surface area contributed by atoms with Crippen molar-refractivity contribution in [2.75, 3.05) is 19.6 Å². The summed E-state index contributed by atoms with van der Waals surface area (Å²) in [5.41, 5.74) is 2.71. The fourth-order valence-corrected chi connectivity index (χ4v) is 3.36. The van der Waals surface area contributed by atoms with Gasteiger partial charge in [0.25, 0.3) is 0 Å². The predicted octanol–water partition coefficient (Wildman–Crippen LogP) is 3.97. The summed E-state index contributed by atoms with van der Waals surface area (Å²) in [5, 5.41) is 3.62. The Morgan fingerprint density at radius 1 is 1.40 bits per heavy atom. The Morgan fingerprint density at radius 3 is 2.80 bits per heavy atom. The second kappa shape index (κ2) is 7.58. The molecule has 1 atom stereocenters. The average molecular weight is 339 g/mol. The van der Waals surface area contributed by atoms with Crippen LogP contribution in [0, 0.1) is 12.8 Å². The van der Waals surface area contributed by atoms with Gasteiger partial charge in [-0.15, -0.1) is 0 Å². The fourth-order valence-electron chi connectivity index (χ4n) is 2.94. The fraction of sp³-hybridized carbons (Fsp3) is 0.647. The molecule has 112 valence electrons. The minimum absolute atomic E-state index is 0.683. The molecular weight excluding hydrogens is 312 g/mol. The van der Waals surface area contributed by atoms with Gasteiger partial charge < -0.3 is 5.32 Å². The third-order valence-electron chi connectivity index (χ3n) is 3.91. The van der Waals surface area contributed by atoms with Crippen molar-refractivity contribution in [3.8, 4) is 0 Å². The van der Waals surface area contributed by atoms with Gasteiger partial charge in [-0.05, 0) is 49.4 Å². The number of rotatable bonds is 6. The summed E-state index contributed by atoms with van der Waals surface area (Å²) >= 11 is 3.64. The van der Waals surface area contributed by atoms with Gasteiger partial charge in [0.15, 0.2) is 0 Å². The van der Waals surface area contributed by atoms with Crippen molar-refractivity contribution in [3.05, 3.63) is 33.8 Å². The van der Waals surface area contributed by atoms with Crippen LogP contribution in [0.1, 0.15) is 37.8 Å². The molecule has 1 saturated heterocycles. The van der Waals surface area contributed by atoms with E-state index in [0.29, 0.717) is 12.0 Å². The number of nitrogens with one attached hydrogen (secondary N) is 1. The summed E-state index contributed by atoms with van der Waals surface area (Å²) < 4.78 is 1.22. The second-order valence-electron chi connectivity index (χ2n) is 6.46. The zero-order chi connectivity index (χ0) is 14.5. The molecule has 1 unspecified atom stereocenters. The van der Waals surface area contributed by atoms with E-state index in [1.54, 1.807) is 0 Å². The molecule has 0 radical (unpaired) electrons. The van der Waals surface area contributed by atoms with E-state index < -0.39 is 0 Å². The van der Waals surface area contributed by atoms with Crippen molar-refractivity contribution >= 4 is 15.9 Å². The smallest absolute Gasteiger partial charge is 0.0234 e. The van der Waals surface area contributed by atoms with Crippen LogP contribution in [0.4, 0.5) is 0 Å². The molecule has 0 aliphatic carbocycles. The molecule has 0 amide bonds.